The fourth-order valence-corrected chi connectivity index (χ4v) is 2.81. The Labute approximate surface area is 153 Å². The van der Waals surface area contributed by atoms with Crippen molar-refractivity contribution in [2.75, 3.05) is 0 Å². The molecule has 134 valence electrons. The molecule has 2 aromatic rings. The van der Waals surface area contributed by atoms with Crippen molar-refractivity contribution in [3.8, 4) is 0 Å². The third-order valence-electron chi connectivity index (χ3n) is 4.11. The third kappa shape index (κ3) is 4.76. The second-order valence-electron chi connectivity index (χ2n) is 6.18. The molecule has 0 aliphatic carbocycles. The molecule has 0 aliphatic heterocycles. The van der Waals surface area contributed by atoms with Gasteiger partial charge in [-0.1, -0.05) is 30.3 Å². The predicted octanol–water partition coefficient (Wildman–Crippen LogP) is 4.70. The Balaban J connectivity index is 2.36. The number of benzene rings is 2. The molecule has 0 heterocycles. The van der Waals surface area contributed by atoms with Crippen LogP contribution in [0.1, 0.15) is 41.7 Å². The molecule has 0 aromatic heterocycles. The molecule has 1 amide bonds. The lowest BCUT2D eigenvalue weighted by atomic mass is 9.92. The molecule has 2 N–H and O–H groups in total. The zero-order valence-electron chi connectivity index (χ0n) is 15.5. The quantitative estimate of drug-likeness (QED) is 0.616. The van der Waals surface area contributed by atoms with E-state index in [2.05, 4.69) is 11.1 Å². The number of amides is 1. The van der Waals surface area contributed by atoms with E-state index in [4.69, 9.17) is 5.73 Å². The molecule has 2 aromatic carbocycles. The second-order valence-corrected chi connectivity index (χ2v) is 6.18. The first-order chi connectivity index (χ1) is 12.3. The summed E-state index contributed by atoms with van der Waals surface area (Å²) in [5.74, 6) is -0.747. The van der Waals surface area contributed by atoms with Gasteiger partial charge in [-0.05, 0) is 73.2 Å². The number of allylic oxidation sites excluding steroid dienone is 2. The Morgan fingerprint density at radius 3 is 2.42 bits per heavy atom. The number of aliphatic imine (C=N–C) groups is 1. The van der Waals surface area contributed by atoms with E-state index in [1.807, 2.05) is 45.0 Å². The minimum atomic E-state index is -0.515. The summed E-state index contributed by atoms with van der Waals surface area (Å²) < 4.78 is 13.4. The van der Waals surface area contributed by atoms with Crippen molar-refractivity contribution in [1.29, 1.82) is 0 Å². The molecule has 0 unspecified atom stereocenters. The summed E-state index contributed by atoms with van der Waals surface area (Å²) in [5.41, 5.74) is 11.7. The van der Waals surface area contributed by atoms with Gasteiger partial charge in [0.2, 0.25) is 5.91 Å². The highest BCUT2D eigenvalue weighted by Gasteiger charge is 2.09. The SMILES string of the molecule is CC=C(c1ccc(C=NC(C)=CC(N)=O)c(C)c1)c1ccc(F)cc1C. The van der Waals surface area contributed by atoms with E-state index in [1.165, 1.54) is 12.1 Å². The number of nitrogens with zero attached hydrogens (tertiary/aromatic N) is 1. The van der Waals surface area contributed by atoms with Crippen LogP contribution in [0.15, 0.2) is 59.2 Å². The molecule has 3 nitrogen and oxygen atoms in total. The monoisotopic (exact) mass is 350 g/mol. The highest BCUT2D eigenvalue weighted by molar-refractivity contribution is 5.88. The molecule has 4 heteroatoms. The maximum absolute atomic E-state index is 13.4. The van der Waals surface area contributed by atoms with Crippen LogP contribution >= 0.6 is 0 Å². The number of carbonyl (C=O) groups is 1. The molecule has 0 saturated carbocycles. The van der Waals surface area contributed by atoms with Crippen molar-refractivity contribution in [3.63, 3.8) is 0 Å². The summed E-state index contributed by atoms with van der Waals surface area (Å²) in [6.07, 6.45) is 5.03. The van der Waals surface area contributed by atoms with E-state index < -0.39 is 5.91 Å². The smallest absolute Gasteiger partial charge is 0.243 e. The molecule has 0 radical (unpaired) electrons. The summed E-state index contributed by atoms with van der Waals surface area (Å²) in [5, 5.41) is 0. The van der Waals surface area contributed by atoms with Gasteiger partial charge in [0.15, 0.2) is 0 Å². The van der Waals surface area contributed by atoms with Crippen LogP contribution in [0, 0.1) is 19.7 Å². The third-order valence-corrected chi connectivity index (χ3v) is 4.11. The Kier molecular flexibility index (Phi) is 6.23. The van der Waals surface area contributed by atoms with Crippen LogP contribution in [-0.2, 0) is 4.79 Å². The van der Waals surface area contributed by atoms with Crippen LogP contribution in [0.2, 0.25) is 0 Å². The maximum Gasteiger partial charge on any atom is 0.243 e. The number of halogens is 1. The van der Waals surface area contributed by atoms with E-state index >= 15 is 0 Å². The maximum atomic E-state index is 13.4. The molecule has 2 rings (SSSR count). The fourth-order valence-electron chi connectivity index (χ4n) is 2.81. The molecule has 0 atom stereocenters. The van der Waals surface area contributed by atoms with Crippen LogP contribution in [0.5, 0.6) is 0 Å². The summed E-state index contributed by atoms with van der Waals surface area (Å²) >= 11 is 0. The first-order valence-electron chi connectivity index (χ1n) is 8.37. The van der Waals surface area contributed by atoms with E-state index in [0.717, 1.165) is 33.4 Å². The fraction of sp³-hybridized carbons (Fsp3) is 0.182. The van der Waals surface area contributed by atoms with Crippen LogP contribution < -0.4 is 5.73 Å². The Bertz CT molecular complexity index is 924. The van der Waals surface area contributed by atoms with Gasteiger partial charge in [0.25, 0.3) is 0 Å². The molecule has 0 bridgehead atoms. The molecular weight excluding hydrogens is 327 g/mol. The number of hydrogen-bond donors (Lipinski definition) is 1. The van der Waals surface area contributed by atoms with Crippen molar-refractivity contribution in [2.24, 2.45) is 10.7 Å². The zero-order chi connectivity index (χ0) is 19.3. The van der Waals surface area contributed by atoms with E-state index in [9.17, 15) is 9.18 Å². The van der Waals surface area contributed by atoms with Crippen LogP contribution in [0.25, 0.3) is 5.57 Å². The lowest BCUT2D eigenvalue weighted by Crippen LogP contribution is -2.06. The standard InChI is InChI=1S/C22H23FN2O/c1-5-20(21-9-8-19(23)11-15(21)3)17-6-7-18(14(2)10-17)13-25-16(4)12-22(24)26/h5-13H,1-4H3,(H2,24,26). The average molecular weight is 350 g/mol. The molecule has 0 spiro atoms. The Hall–Kier alpha value is -3.01. The van der Waals surface area contributed by atoms with Gasteiger partial charge in [0, 0.05) is 18.0 Å². The number of rotatable bonds is 5. The highest BCUT2D eigenvalue weighted by atomic mass is 19.1. The van der Waals surface area contributed by atoms with Gasteiger partial charge in [-0.15, -0.1) is 0 Å². The summed E-state index contributed by atoms with van der Waals surface area (Å²) in [4.78, 5) is 15.1. The number of hydrogen-bond acceptors (Lipinski definition) is 2. The first kappa shape index (κ1) is 19.3. The van der Waals surface area contributed by atoms with Gasteiger partial charge in [-0.25, -0.2) is 4.39 Å². The van der Waals surface area contributed by atoms with Gasteiger partial charge < -0.3 is 5.73 Å². The predicted molar refractivity (Wildman–Crippen MR) is 106 cm³/mol. The topological polar surface area (TPSA) is 55.4 Å². The lowest BCUT2D eigenvalue weighted by Gasteiger charge is -2.13. The van der Waals surface area contributed by atoms with Crippen molar-refractivity contribution in [3.05, 3.63) is 87.9 Å². The van der Waals surface area contributed by atoms with Gasteiger partial charge in [0.1, 0.15) is 5.82 Å². The van der Waals surface area contributed by atoms with Crippen molar-refractivity contribution in [2.45, 2.75) is 27.7 Å². The van der Waals surface area contributed by atoms with Crippen molar-refractivity contribution in [1.82, 2.24) is 0 Å². The van der Waals surface area contributed by atoms with Gasteiger partial charge >= 0.3 is 0 Å². The Morgan fingerprint density at radius 2 is 1.85 bits per heavy atom. The summed E-state index contributed by atoms with van der Waals surface area (Å²) in [6.45, 7) is 7.60. The van der Waals surface area contributed by atoms with Crippen LogP contribution in [0.3, 0.4) is 0 Å². The normalized spacial score (nSPS) is 12.7. The Morgan fingerprint density at radius 1 is 1.12 bits per heavy atom. The van der Waals surface area contributed by atoms with E-state index in [0.29, 0.717) is 5.70 Å². The van der Waals surface area contributed by atoms with Crippen molar-refractivity contribution >= 4 is 17.7 Å². The number of primary amides is 1. The summed E-state index contributed by atoms with van der Waals surface area (Å²) in [6, 6.07) is 10.9. The van der Waals surface area contributed by atoms with Gasteiger partial charge in [-0.3, -0.25) is 9.79 Å². The lowest BCUT2D eigenvalue weighted by molar-refractivity contribution is -0.113. The zero-order valence-corrected chi connectivity index (χ0v) is 15.5. The van der Waals surface area contributed by atoms with E-state index in [1.54, 1.807) is 19.2 Å². The average Bonchev–Trinajstić information content (AvgIpc) is 2.56. The largest absolute Gasteiger partial charge is 0.366 e. The molecule has 0 saturated heterocycles. The van der Waals surface area contributed by atoms with Crippen LogP contribution in [-0.4, -0.2) is 12.1 Å². The van der Waals surface area contributed by atoms with Crippen LogP contribution in [0.4, 0.5) is 4.39 Å². The van der Waals surface area contributed by atoms with Crippen molar-refractivity contribution < 1.29 is 9.18 Å². The van der Waals surface area contributed by atoms with E-state index in [-0.39, 0.29) is 5.82 Å². The molecule has 0 fully saturated rings. The molecule has 0 aliphatic rings. The van der Waals surface area contributed by atoms with Gasteiger partial charge in [0.05, 0.1) is 0 Å². The number of aryl methyl sites for hydroxylation is 2. The molecule has 26 heavy (non-hydrogen) atoms. The van der Waals surface area contributed by atoms with Gasteiger partial charge in [-0.2, -0.15) is 0 Å². The highest BCUT2D eigenvalue weighted by Crippen LogP contribution is 2.28. The first-order valence-corrected chi connectivity index (χ1v) is 8.37. The second kappa shape index (κ2) is 8.39. The molecular formula is C22H23FN2O. The summed E-state index contributed by atoms with van der Waals surface area (Å²) in [7, 11) is 0. The minimum Gasteiger partial charge on any atom is -0.366 e. The number of carbonyl (C=O) groups excluding carboxylic acids is 1. The number of nitrogens with two attached hydrogens (primary N) is 1. The minimum absolute atomic E-state index is 0.233.